The minimum absolute atomic E-state index is 0.0413. The van der Waals surface area contributed by atoms with E-state index in [9.17, 15) is 4.79 Å². The fraction of sp³-hybridized carbons (Fsp3) is 0.200. The highest BCUT2D eigenvalue weighted by Gasteiger charge is 2.32. The summed E-state index contributed by atoms with van der Waals surface area (Å²) in [5, 5.41) is 2.96. The monoisotopic (exact) mass is 363 g/mol. The first-order valence-electron chi connectivity index (χ1n) is 8.64. The van der Waals surface area contributed by atoms with Crippen molar-refractivity contribution in [2.24, 2.45) is 0 Å². The molecule has 0 bridgehead atoms. The van der Waals surface area contributed by atoms with Crippen molar-refractivity contribution < 1.29 is 19.0 Å². The molecule has 1 amide bonds. The molecule has 0 spiro atoms. The summed E-state index contributed by atoms with van der Waals surface area (Å²) in [5.74, 6) is 2.72. The second kappa shape index (κ2) is 6.05. The third kappa shape index (κ3) is 2.59. The molecule has 0 fully saturated rings. The normalized spacial score (nSPS) is 17.4. The van der Waals surface area contributed by atoms with E-state index in [2.05, 4.69) is 10.3 Å². The van der Waals surface area contributed by atoms with Crippen LogP contribution in [0.5, 0.6) is 17.2 Å². The summed E-state index contributed by atoms with van der Waals surface area (Å²) in [6.45, 7) is 0.223. The van der Waals surface area contributed by atoms with Crippen molar-refractivity contribution in [3.63, 3.8) is 0 Å². The van der Waals surface area contributed by atoms with Crippen molar-refractivity contribution in [1.82, 2.24) is 9.55 Å². The number of anilines is 1. The van der Waals surface area contributed by atoms with E-state index < -0.39 is 0 Å². The molecule has 7 nitrogen and oxygen atoms in total. The number of carbonyl (C=O) groups excluding carboxylic acids is 1. The van der Waals surface area contributed by atoms with Gasteiger partial charge < -0.3 is 19.5 Å². The Labute approximate surface area is 155 Å². The fourth-order valence-electron chi connectivity index (χ4n) is 3.55. The first-order chi connectivity index (χ1) is 13.2. The van der Waals surface area contributed by atoms with Crippen LogP contribution >= 0.6 is 0 Å². The minimum Gasteiger partial charge on any atom is -0.497 e. The fourth-order valence-corrected chi connectivity index (χ4v) is 3.55. The molecule has 3 aromatic rings. The van der Waals surface area contributed by atoms with Crippen LogP contribution in [0.2, 0.25) is 0 Å². The number of nitrogens with zero attached hydrogens (tertiary/aromatic N) is 2. The summed E-state index contributed by atoms with van der Waals surface area (Å²) in [7, 11) is 1.63. The predicted molar refractivity (Wildman–Crippen MR) is 97.8 cm³/mol. The standard InChI is InChI=1S/C20H17N3O4/c1-25-14-5-3-13(4-6-14)23-10-21-19-15(9-18(24)22-20(19)23)12-2-7-16-17(8-12)27-11-26-16/h2-8,10,15H,9,11H2,1H3,(H,22,24)/t15-/m0/s1. The topological polar surface area (TPSA) is 74.6 Å². The Bertz CT molecular complexity index is 1030. The molecule has 2 aliphatic heterocycles. The summed E-state index contributed by atoms with van der Waals surface area (Å²) in [6.07, 6.45) is 2.07. The maximum atomic E-state index is 12.4. The van der Waals surface area contributed by atoms with Crippen LogP contribution in [0.3, 0.4) is 0 Å². The summed E-state index contributed by atoms with van der Waals surface area (Å²) in [6, 6.07) is 13.4. The van der Waals surface area contributed by atoms with Crippen LogP contribution in [-0.2, 0) is 4.79 Å². The van der Waals surface area contributed by atoms with Gasteiger partial charge in [0.15, 0.2) is 11.5 Å². The smallest absolute Gasteiger partial charge is 0.231 e. The van der Waals surface area contributed by atoms with Gasteiger partial charge in [0.1, 0.15) is 17.9 Å². The number of benzene rings is 2. The van der Waals surface area contributed by atoms with Crippen LogP contribution in [0.15, 0.2) is 48.8 Å². The lowest BCUT2D eigenvalue weighted by Gasteiger charge is -2.23. The lowest BCUT2D eigenvalue weighted by molar-refractivity contribution is -0.116. The zero-order valence-corrected chi connectivity index (χ0v) is 14.6. The van der Waals surface area contributed by atoms with Gasteiger partial charge in [-0.1, -0.05) is 6.07 Å². The summed E-state index contributed by atoms with van der Waals surface area (Å²) in [4.78, 5) is 17.0. The summed E-state index contributed by atoms with van der Waals surface area (Å²) in [5.41, 5.74) is 2.72. The molecule has 0 radical (unpaired) electrons. The Kier molecular flexibility index (Phi) is 3.53. The molecular formula is C20H17N3O4. The molecule has 1 aromatic heterocycles. The quantitative estimate of drug-likeness (QED) is 0.774. The Morgan fingerprint density at radius 1 is 1.15 bits per heavy atom. The van der Waals surface area contributed by atoms with Crippen LogP contribution in [-0.4, -0.2) is 29.4 Å². The zero-order chi connectivity index (χ0) is 18.4. The van der Waals surface area contributed by atoms with Crippen molar-refractivity contribution in [2.45, 2.75) is 12.3 Å². The molecule has 27 heavy (non-hydrogen) atoms. The Morgan fingerprint density at radius 3 is 2.78 bits per heavy atom. The van der Waals surface area contributed by atoms with Crippen molar-refractivity contribution >= 4 is 11.7 Å². The molecule has 0 aliphatic carbocycles. The van der Waals surface area contributed by atoms with E-state index in [1.807, 2.05) is 47.0 Å². The third-order valence-corrected chi connectivity index (χ3v) is 4.92. The number of aromatic nitrogens is 2. The zero-order valence-electron chi connectivity index (χ0n) is 14.6. The van der Waals surface area contributed by atoms with Crippen LogP contribution in [0.4, 0.5) is 5.82 Å². The van der Waals surface area contributed by atoms with Crippen molar-refractivity contribution in [1.29, 1.82) is 0 Å². The Morgan fingerprint density at radius 2 is 1.96 bits per heavy atom. The van der Waals surface area contributed by atoms with E-state index in [1.165, 1.54) is 0 Å². The molecule has 136 valence electrons. The molecule has 7 heteroatoms. The molecule has 3 heterocycles. The second-order valence-corrected chi connectivity index (χ2v) is 6.46. The average molecular weight is 363 g/mol. The first-order valence-corrected chi connectivity index (χ1v) is 8.64. The number of fused-ring (bicyclic) bond motifs is 2. The van der Waals surface area contributed by atoms with Gasteiger partial charge in [0.05, 0.1) is 12.8 Å². The second-order valence-electron chi connectivity index (χ2n) is 6.46. The van der Waals surface area contributed by atoms with E-state index in [0.717, 1.165) is 28.4 Å². The molecule has 2 aromatic carbocycles. The number of rotatable bonds is 3. The number of amides is 1. The molecule has 5 rings (SSSR count). The SMILES string of the molecule is COc1ccc(-n2cnc3c2NC(=O)C[C@H]3c2ccc3c(c2)OCO3)cc1. The Balaban J connectivity index is 1.56. The molecule has 0 saturated heterocycles. The number of methoxy groups -OCH3 is 1. The van der Waals surface area contributed by atoms with Gasteiger partial charge in [0, 0.05) is 18.0 Å². The molecule has 2 aliphatic rings. The van der Waals surface area contributed by atoms with Gasteiger partial charge in [-0.3, -0.25) is 9.36 Å². The van der Waals surface area contributed by atoms with Crippen molar-refractivity contribution in [3.05, 3.63) is 60.0 Å². The lowest BCUT2D eigenvalue weighted by Crippen LogP contribution is -2.24. The van der Waals surface area contributed by atoms with Crippen molar-refractivity contribution in [2.75, 3.05) is 19.2 Å². The van der Waals surface area contributed by atoms with Gasteiger partial charge in [0.2, 0.25) is 12.7 Å². The molecule has 1 atom stereocenters. The van der Waals surface area contributed by atoms with Gasteiger partial charge in [0.25, 0.3) is 0 Å². The molecular weight excluding hydrogens is 346 g/mol. The number of imidazole rings is 1. The van der Waals surface area contributed by atoms with Crippen LogP contribution in [0, 0.1) is 0 Å². The molecule has 1 N–H and O–H groups in total. The van der Waals surface area contributed by atoms with E-state index in [0.29, 0.717) is 18.0 Å². The largest absolute Gasteiger partial charge is 0.497 e. The molecule has 0 unspecified atom stereocenters. The Hall–Kier alpha value is -3.48. The van der Waals surface area contributed by atoms with Gasteiger partial charge >= 0.3 is 0 Å². The number of hydrogen-bond donors (Lipinski definition) is 1. The average Bonchev–Trinajstić information content (AvgIpc) is 3.33. The maximum absolute atomic E-state index is 12.4. The predicted octanol–water partition coefficient (Wildman–Crippen LogP) is 3.08. The highest BCUT2D eigenvalue weighted by atomic mass is 16.7. The van der Waals surface area contributed by atoms with Crippen LogP contribution < -0.4 is 19.5 Å². The van der Waals surface area contributed by atoms with E-state index >= 15 is 0 Å². The van der Waals surface area contributed by atoms with E-state index in [4.69, 9.17) is 14.2 Å². The summed E-state index contributed by atoms with van der Waals surface area (Å²) < 4.78 is 18.0. The van der Waals surface area contributed by atoms with E-state index in [-0.39, 0.29) is 18.6 Å². The number of hydrogen-bond acceptors (Lipinski definition) is 5. The summed E-state index contributed by atoms with van der Waals surface area (Å²) >= 11 is 0. The highest BCUT2D eigenvalue weighted by molar-refractivity contribution is 5.94. The van der Waals surface area contributed by atoms with Crippen LogP contribution in [0.1, 0.15) is 23.6 Å². The lowest BCUT2D eigenvalue weighted by atomic mass is 9.89. The van der Waals surface area contributed by atoms with Crippen molar-refractivity contribution in [3.8, 4) is 22.9 Å². The molecule has 0 saturated carbocycles. The maximum Gasteiger partial charge on any atom is 0.231 e. The highest BCUT2D eigenvalue weighted by Crippen LogP contribution is 2.41. The number of carbonyl (C=O) groups is 1. The van der Waals surface area contributed by atoms with Gasteiger partial charge in [-0.25, -0.2) is 4.98 Å². The van der Waals surface area contributed by atoms with Gasteiger partial charge in [-0.05, 0) is 42.0 Å². The van der Waals surface area contributed by atoms with Gasteiger partial charge in [-0.15, -0.1) is 0 Å². The van der Waals surface area contributed by atoms with Crippen LogP contribution in [0.25, 0.3) is 5.69 Å². The third-order valence-electron chi connectivity index (χ3n) is 4.92. The number of nitrogens with one attached hydrogen (secondary N) is 1. The minimum atomic E-state index is -0.136. The van der Waals surface area contributed by atoms with E-state index in [1.54, 1.807) is 13.4 Å². The first kappa shape index (κ1) is 15.7. The number of ether oxygens (including phenoxy) is 3. The van der Waals surface area contributed by atoms with Gasteiger partial charge in [-0.2, -0.15) is 0 Å².